The minimum atomic E-state index is 0.143. The number of H-pyrrole nitrogens is 1. The molecule has 0 aromatic carbocycles. The van der Waals surface area contributed by atoms with E-state index in [-0.39, 0.29) is 11.2 Å². The van der Waals surface area contributed by atoms with Crippen LogP contribution in [0.1, 0.15) is 51.4 Å². The third-order valence-electron chi connectivity index (χ3n) is 2.89. The molecule has 1 N–H and O–H groups in total. The Balaban J connectivity index is 2.55. The van der Waals surface area contributed by atoms with Crippen molar-refractivity contribution in [3.05, 3.63) is 23.5 Å². The van der Waals surface area contributed by atoms with E-state index in [0.29, 0.717) is 6.42 Å². The second-order valence-corrected chi connectivity index (χ2v) is 4.99. The largest absolute Gasteiger partial charge is 0.362 e. The maximum absolute atomic E-state index is 10.9. The van der Waals surface area contributed by atoms with E-state index >= 15 is 0 Å². The Kier molecular flexibility index (Phi) is 3.72. The highest BCUT2D eigenvalue weighted by Crippen LogP contribution is 2.28. The first kappa shape index (κ1) is 12.0. The molecule has 0 saturated heterocycles. The highest BCUT2D eigenvalue weighted by Gasteiger charge is 2.21. The summed E-state index contributed by atoms with van der Waals surface area (Å²) in [6.45, 7) is 8.16. The molecular weight excluding hydrogens is 186 g/mol. The first-order valence-electron chi connectivity index (χ1n) is 5.57. The summed E-state index contributed by atoms with van der Waals surface area (Å²) in [7, 11) is 0. The van der Waals surface area contributed by atoms with Crippen LogP contribution in [0.2, 0.25) is 0 Å². The lowest BCUT2D eigenvalue weighted by Gasteiger charge is -2.23. The Bertz CT molecular complexity index is 336. The van der Waals surface area contributed by atoms with Crippen molar-refractivity contribution in [2.45, 2.75) is 52.4 Å². The number of nitrogens with one attached hydrogen (secondary N) is 1. The van der Waals surface area contributed by atoms with Crippen LogP contribution < -0.4 is 0 Å². The van der Waals surface area contributed by atoms with Gasteiger partial charge in [0.15, 0.2) is 0 Å². The molecule has 0 aliphatic heterocycles. The van der Waals surface area contributed by atoms with Crippen LogP contribution >= 0.6 is 0 Å². The van der Waals surface area contributed by atoms with Gasteiger partial charge in [0.2, 0.25) is 0 Å². The molecule has 15 heavy (non-hydrogen) atoms. The molecule has 2 heteroatoms. The number of aromatic nitrogens is 1. The maximum atomic E-state index is 10.9. The van der Waals surface area contributed by atoms with Gasteiger partial charge in [0.1, 0.15) is 5.78 Å². The monoisotopic (exact) mass is 207 g/mol. The Morgan fingerprint density at radius 1 is 1.40 bits per heavy atom. The van der Waals surface area contributed by atoms with Crippen LogP contribution in [0, 0.1) is 6.92 Å². The lowest BCUT2D eigenvalue weighted by molar-refractivity contribution is -0.117. The van der Waals surface area contributed by atoms with Crippen LogP contribution in [0.15, 0.2) is 12.1 Å². The van der Waals surface area contributed by atoms with Crippen molar-refractivity contribution in [3.63, 3.8) is 0 Å². The number of hydrogen-bond donors (Lipinski definition) is 1. The minimum Gasteiger partial charge on any atom is -0.362 e. The number of aromatic amines is 1. The Labute approximate surface area is 92.1 Å². The van der Waals surface area contributed by atoms with E-state index in [1.165, 1.54) is 11.4 Å². The molecule has 2 nitrogen and oxygen atoms in total. The zero-order valence-corrected chi connectivity index (χ0v) is 10.2. The van der Waals surface area contributed by atoms with Gasteiger partial charge in [-0.2, -0.15) is 0 Å². The van der Waals surface area contributed by atoms with E-state index in [0.717, 1.165) is 12.8 Å². The molecule has 0 unspecified atom stereocenters. The summed E-state index contributed by atoms with van der Waals surface area (Å²) in [6.07, 6.45) is 2.72. The van der Waals surface area contributed by atoms with Crippen molar-refractivity contribution in [1.29, 1.82) is 0 Å². The molecule has 0 radical (unpaired) electrons. The summed E-state index contributed by atoms with van der Waals surface area (Å²) in [6, 6.07) is 4.24. The highest BCUT2D eigenvalue weighted by molar-refractivity contribution is 5.75. The molecule has 1 aromatic rings. The van der Waals surface area contributed by atoms with Gasteiger partial charge in [0.25, 0.3) is 0 Å². The number of rotatable bonds is 5. The van der Waals surface area contributed by atoms with Crippen molar-refractivity contribution in [1.82, 2.24) is 4.98 Å². The average Bonchev–Trinajstić information content (AvgIpc) is 2.51. The molecule has 84 valence electrons. The van der Waals surface area contributed by atoms with Crippen molar-refractivity contribution < 1.29 is 4.79 Å². The molecular formula is C13H21NO. The van der Waals surface area contributed by atoms with Gasteiger partial charge in [-0.25, -0.2) is 0 Å². The number of carbonyl (C=O) groups excluding carboxylic acids is 1. The van der Waals surface area contributed by atoms with Gasteiger partial charge >= 0.3 is 0 Å². The Morgan fingerprint density at radius 3 is 2.53 bits per heavy atom. The first-order valence-corrected chi connectivity index (χ1v) is 5.57. The van der Waals surface area contributed by atoms with Gasteiger partial charge in [-0.3, -0.25) is 0 Å². The van der Waals surface area contributed by atoms with Gasteiger partial charge < -0.3 is 9.78 Å². The first-order chi connectivity index (χ1) is 6.92. The summed E-state index contributed by atoms with van der Waals surface area (Å²) in [5, 5.41) is 0. The third-order valence-corrected chi connectivity index (χ3v) is 2.89. The standard InChI is InChI=1S/C13H21NO/c1-10-7-8-12(14-10)13(3,4)9-5-6-11(2)15/h7-8,14H,5-6,9H2,1-4H3. The quantitative estimate of drug-likeness (QED) is 0.789. The molecule has 0 aliphatic carbocycles. The summed E-state index contributed by atoms with van der Waals surface area (Å²) in [5.41, 5.74) is 2.61. The van der Waals surface area contributed by atoms with Gasteiger partial charge in [-0.1, -0.05) is 13.8 Å². The fraction of sp³-hybridized carbons (Fsp3) is 0.615. The zero-order valence-electron chi connectivity index (χ0n) is 10.2. The Morgan fingerprint density at radius 2 is 2.07 bits per heavy atom. The van der Waals surface area contributed by atoms with Crippen LogP contribution in [0.4, 0.5) is 0 Å². The van der Waals surface area contributed by atoms with Gasteiger partial charge in [0.05, 0.1) is 0 Å². The summed E-state index contributed by atoms with van der Waals surface area (Å²) in [5.74, 6) is 0.286. The molecule has 1 rings (SSSR count). The molecule has 1 aromatic heterocycles. The molecule has 0 amide bonds. The van der Waals surface area contributed by atoms with Crippen LogP contribution in [0.25, 0.3) is 0 Å². The van der Waals surface area contributed by atoms with Crippen LogP contribution in [0.3, 0.4) is 0 Å². The molecule has 0 atom stereocenters. The molecule has 0 spiro atoms. The highest BCUT2D eigenvalue weighted by atomic mass is 16.1. The van der Waals surface area contributed by atoms with Crippen molar-refractivity contribution in [2.75, 3.05) is 0 Å². The van der Waals surface area contributed by atoms with E-state index in [9.17, 15) is 4.79 Å². The molecule has 0 bridgehead atoms. The number of hydrogen-bond acceptors (Lipinski definition) is 1. The molecule has 1 heterocycles. The average molecular weight is 207 g/mol. The van der Waals surface area contributed by atoms with E-state index < -0.39 is 0 Å². The number of aryl methyl sites for hydroxylation is 1. The lowest BCUT2D eigenvalue weighted by Crippen LogP contribution is -2.17. The summed E-state index contributed by atoms with van der Waals surface area (Å²) < 4.78 is 0. The number of carbonyl (C=O) groups is 1. The third kappa shape index (κ3) is 3.54. The van der Waals surface area contributed by atoms with Crippen LogP contribution in [-0.2, 0) is 10.2 Å². The molecule has 0 fully saturated rings. The van der Waals surface area contributed by atoms with Crippen molar-refractivity contribution in [3.8, 4) is 0 Å². The number of ketones is 1. The number of Topliss-reactive ketones (excluding diaryl/α,β-unsaturated/α-hetero) is 1. The molecule has 0 saturated carbocycles. The maximum Gasteiger partial charge on any atom is 0.129 e. The van der Waals surface area contributed by atoms with Crippen LogP contribution in [-0.4, -0.2) is 10.8 Å². The summed E-state index contributed by atoms with van der Waals surface area (Å²) >= 11 is 0. The molecule has 0 aliphatic rings. The summed E-state index contributed by atoms with van der Waals surface area (Å²) in [4.78, 5) is 14.2. The topological polar surface area (TPSA) is 32.9 Å². The van der Waals surface area contributed by atoms with Gasteiger partial charge in [-0.15, -0.1) is 0 Å². The van der Waals surface area contributed by atoms with E-state index in [4.69, 9.17) is 0 Å². The smallest absolute Gasteiger partial charge is 0.129 e. The normalized spacial score (nSPS) is 11.7. The zero-order chi connectivity index (χ0) is 11.5. The SMILES string of the molecule is CC(=O)CCCC(C)(C)c1ccc(C)[nH]1. The van der Waals surface area contributed by atoms with E-state index in [1.54, 1.807) is 6.92 Å². The van der Waals surface area contributed by atoms with Crippen molar-refractivity contribution in [2.24, 2.45) is 0 Å². The second kappa shape index (κ2) is 4.65. The fourth-order valence-electron chi connectivity index (χ4n) is 1.81. The fourth-order valence-corrected chi connectivity index (χ4v) is 1.81. The van der Waals surface area contributed by atoms with Crippen molar-refractivity contribution >= 4 is 5.78 Å². The Hall–Kier alpha value is -1.05. The van der Waals surface area contributed by atoms with Gasteiger partial charge in [0, 0.05) is 23.2 Å². The van der Waals surface area contributed by atoms with E-state index in [1.807, 2.05) is 0 Å². The predicted molar refractivity (Wildman–Crippen MR) is 63.1 cm³/mol. The van der Waals surface area contributed by atoms with Crippen LogP contribution in [0.5, 0.6) is 0 Å². The minimum absolute atomic E-state index is 0.143. The lowest BCUT2D eigenvalue weighted by atomic mass is 9.84. The van der Waals surface area contributed by atoms with Gasteiger partial charge in [-0.05, 0) is 38.8 Å². The predicted octanol–water partition coefficient (Wildman–Crippen LogP) is 3.36. The van der Waals surface area contributed by atoms with E-state index in [2.05, 4.69) is 37.9 Å². The second-order valence-electron chi connectivity index (χ2n) is 4.99.